The van der Waals surface area contributed by atoms with Crippen molar-refractivity contribution < 1.29 is 23.8 Å². The summed E-state index contributed by atoms with van der Waals surface area (Å²) in [4.78, 5) is 39.1. The van der Waals surface area contributed by atoms with E-state index in [1.165, 1.54) is 0 Å². The van der Waals surface area contributed by atoms with Crippen molar-refractivity contribution in [3.8, 4) is 11.5 Å². The number of hydrogen-bond donors (Lipinski definition) is 1. The molecule has 5 rings (SSSR count). The molecular formula is C26H29N5O5. The topological polar surface area (TPSA) is 106 Å². The third kappa shape index (κ3) is 4.76. The van der Waals surface area contributed by atoms with Gasteiger partial charge in [-0.05, 0) is 31.0 Å². The predicted molar refractivity (Wildman–Crippen MR) is 135 cm³/mol. The number of hydrogen-bond acceptors (Lipinski definition) is 8. The Hall–Kier alpha value is -3.92. The number of benzene rings is 2. The van der Waals surface area contributed by atoms with Crippen molar-refractivity contribution in [2.45, 2.75) is 18.9 Å². The first-order valence-corrected chi connectivity index (χ1v) is 12.0. The van der Waals surface area contributed by atoms with Crippen molar-refractivity contribution in [2.24, 2.45) is 0 Å². The number of rotatable bonds is 6. The molecule has 0 saturated carbocycles. The van der Waals surface area contributed by atoms with Crippen LogP contribution in [0, 0.1) is 0 Å². The zero-order chi connectivity index (χ0) is 25.1. The molecule has 2 aliphatic rings. The smallest absolute Gasteiger partial charge is 0.256 e. The van der Waals surface area contributed by atoms with E-state index in [1.54, 1.807) is 38.5 Å². The van der Waals surface area contributed by atoms with Crippen molar-refractivity contribution in [3.63, 3.8) is 0 Å². The normalized spacial score (nSPS) is 17.8. The van der Waals surface area contributed by atoms with Gasteiger partial charge >= 0.3 is 0 Å². The number of methoxy groups -OCH3 is 2. The molecule has 1 N–H and O–H groups in total. The van der Waals surface area contributed by atoms with Gasteiger partial charge in [0.15, 0.2) is 11.5 Å². The molecule has 10 nitrogen and oxygen atoms in total. The maximum Gasteiger partial charge on any atom is 0.256 e. The van der Waals surface area contributed by atoms with Gasteiger partial charge in [0.25, 0.3) is 11.8 Å². The molecule has 1 unspecified atom stereocenters. The van der Waals surface area contributed by atoms with E-state index in [-0.39, 0.29) is 17.9 Å². The number of nitrogens with one attached hydrogen (secondary N) is 1. The molecule has 0 spiro atoms. The molecule has 3 heterocycles. The van der Waals surface area contributed by atoms with Crippen LogP contribution in [0.15, 0.2) is 42.5 Å². The second kappa shape index (κ2) is 10.4. The Kier molecular flexibility index (Phi) is 6.86. The third-order valence-electron chi connectivity index (χ3n) is 6.54. The summed E-state index contributed by atoms with van der Waals surface area (Å²) in [7, 11) is 3.12. The lowest BCUT2D eigenvalue weighted by molar-refractivity contribution is -0.141. The lowest BCUT2D eigenvalue weighted by Crippen LogP contribution is -2.51. The summed E-state index contributed by atoms with van der Waals surface area (Å²) in [6.07, 6.45) is 1.38. The van der Waals surface area contributed by atoms with E-state index >= 15 is 0 Å². The number of ether oxygens (including phenoxy) is 3. The average molecular weight is 492 g/mol. The fraction of sp³-hybridized carbons (Fsp3) is 0.385. The summed E-state index contributed by atoms with van der Waals surface area (Å²) in [5.74, 6) is 1.67. The minimum absolute atomic E-state index is 0.0548. The molecule has 2 saturated heterocycles. The van der Waals surface area contributed by atoms with E-state index in [9.17, 15) is 9.59 Å². The first kappa shape index (κ1) is 23.8. The number of carbonyl (C=O) groups is 2. The van der Waals surface area contributed by atoms with E-state index in [4.69, 9.17) is 24.2 Å². The molecule has 2 fully saturated rings. The summed E-state index contributed by atoms with van der Waals surface area (Å²) < 4.78 is 16.5. The second-order valence-corrected chi connectivity index (χ2v) is 8.73. The van der Waals surface area contributed by atoms with Crippen LogP contribution in [0.5, 0.6) is 11.5 Å². The minimum atomic E-state index is -0.323. The fourth-order valence-electron chi connectivity index (χ4n) is 4.55. The van der Waals surface area contributed by atoms with Gasteiger partial charge in [0.2, 0.25) is 5.95 Å². The van der Waals surface area contributed by atoms with Gasteiger partial charge in [0.05, 0.1) is 19.7 Å². The van der Waals surface area contributed by atoms with Crippen LogP contribution in [0.3, 0.4) is 0 Å². The van der Waals surface area contributed by atoms with Crippen LogP contribution in [0.1, 0.15) is 23.2 Å². The van der Waals surface area contributed by atoms with Crippen molar-refractivity contribution in [3.05, 3.63) is 48.0 Å². The van der Waals surface area contributed by atoms with E-state index in [0.29, 0.717) is 72.5 Å². The highest BCUT2D eigenvalue weighted by atomic mass is 16.5. The maximum atomic E-state index is 13.0. The molecular weight excluding hydrogens is 462 g/mol. The molecule has 0 radical (unpaired) electrons. The summed E-state index contributed by atoms with van der Waals surface area (Å²) in [6, 6.07) is 12.5. The van der Waals surface area contributed by atoms with E-state index < -0.39 is 0 Å². The zero-order valence-corrected chi connectivity index (χ0v) is 20.4. The predicted octanol–water partition coefficient (Wildman–Crippen LogP) is 2.73. The Morgan fingerprint density at radius 3 is 2.39 bits per heavy atom. The minimum Gasteiger partial charge on any atom is -0.493 e. The van der Waals surface area contributed by atoms with Gasteiger partial charge in [-0.2, -0.15) is 4.98 Å². The summed E-state index contributed by atoms with van der Waals surface area (Å²) in [5, 5.41) is 3.57. The van der Waals surface area contributed by atoms with Crippen molar-refractivity contribution >= 4 is 34.5 Å². The fourth-order valence-corrected chi connectivity index (χ4v) is 4.55. The van der Waals surface area contributed by atoms with Gasteiger partial charge in [-0.3, -0.25) is 9.59 Å². The van der Waals surface area contributed by atoms with Crippen LogP contribution >= 0.6 is 0 Å². The molecule has 2 amide bonds. The zero-order valence-electron chi connectivity index (χ0n) is 20.4. The molecule has 3 aromatic rings. The summed E-state index contributed by atoms with van der Waals surface area (Å²) in [6.45, 7) is 2.90. The number of piperazine rings is 1. The second-order valence-electron chi connectivity index (χ2n) is 8.73. The van der Waals surface area contributed by atoms with Crippen LogP contribution in [0.2, 0.25) is 0 Å². The number of anilines is 2. The molecule has 188 valence electrons. The Bertz CT molecular complexity index is 1250. The van der Waals surface area contributed by atoms with Gasteiger partial charge in [-0.15, -0.1) is 0 Å². The van der Waals surface area contributed by atoms with Crippen molar-refractivity contribution in [1.29, 1.82) is 0 Å². The van der Waals surface area contributed by atoms with Gasteiger partial charge in [0, 0.05) is 49.8 Å². The van der Waals surface area contributed by atoms with Crippen molar-refractivity contribution in [2.75, 3.05) is 57.2 Å². The molecule has 0 bridgehead atoms. The van der Waals surface area contributed by atoms with Crippen molar-refractivity contribution in [1.82, 2.24) is 14.9 Å². The number of carbonyl (C=O) groups excluding carboxylic acids is 2. The molecule has 10 heteroatoms. The Labute approximate surface area is 209 Å². The molecule has 1 atom stereocenters. The van der Waals surface area contributed by atoms with Crippen LogP contribution < -0.4 is 19.7 Å². The van der Waals surface area contributed by atoms with E-state index in [2.05, 4.69) is 5.32 Å². The number of amides is 2. The largest absolute Gasteiger partial charge is 0.493 e. The summed E-state index contributed by atoms with van der Waals surface area (Å²) >= 11 is 0. The van der Waals surface area contributed by atoms with E-state index in [1.807, 2.05) is 28.0 Å². The molecule has 2 aliphatic heterocycles. The number of aromatic nitrogens is 2. The molecule has 1 aromatic heterocycles. The highest BCUT2D eigenvalue weighted by Crippen LogP contribution is 2.35. The lowest BCUT2D eigenvalue weighted by Gasteiger charge is -2.35. The molecule has 36 heavy (non-hydrogen) atoms. The molecule has 2 aromatic carbocycles. The van der Waals surface area contributed by atoms with Crippen LogP contribution in [-0.2, 0) is 9.53 Å². The Morgan fingerprint density at radius 1 is 1.00 bits per heavy atom. The van der Waals surface area contributed by atoms with Gasteiger partial charge in [-0.25, -0.2) is 4.98 Å². The monoisotopic (exact) mass is 491 g/mol. The Balaban J connectivity index is 1.44. The van der Waals surface area contributed by atoms with Gasteiger partial charge in [0.1, 0.15) is 11.9 Å². The lowest BCUT2D eigenvalue weighted by atomic mass is 10.2. The van der Waals surface area contributed by atoms with Gasteiger partial charge < -0.3 is 29.3 Å². The Morgan fingerprint density at radius 2 is 1.72 bits per heavy atom. The third-order valence-corrected chi connectivity index (χ3v) is 6.54. The standard InChI is InChI=1S/C26H29N5O5/c1-34-21-15-18-19(16-22(21)35-2)27-26(29-23(18)28-24(32)17-7-4-3-5-8-17)31-12-10-30(11-13-31)25(33)20-9-6-14-36-20/h3-5,7-8,15-16,20H,6,9-14H2,1-2H3,(H,27,28,29,32). The maximum absolute atomic E-state index is 13.0. The highest BCUT2D eigenvalue weighted by Gasteiger charge is 2.31. The first-order chi connectivity index (χ1) is 17.6. The first-order valence-electron chi connectivity index (χ1n) is 12.0. The highest BCUT2D eigenvalue weighted by molar-refractivity contribution is 6.08. The number of nitrogens with zero attached hydrogens (tertiary/aromatic N) is 4. The van der Waals surface area contributed by atoms with Gasteiger partial charge in [-0.1, -0.05) is 18.2 Å². The number of fused-ring (bicyclic) bond motifs is 1. The van der Waals surface area contributed by atoms with Crippen LogP contribution in [0.25, 0.3) is 10.9 Å². The van der Waals surface area contributed by atoms with Crippen LogP contribution in [-0.4, -0.2) is 79.8 Å². The average Bonchev–Trinajstić information content (AvgIpc) is 3.47. The molecule has 0 aliphatic carbocycles. The van der Waals surface area contributed by atoms with E-state index in [0.717, 1.165) is 12.8 Å². The SMILES string of the molecule is COc1cc2nc(N3CCN(C(=O)C4CCCO4)CC3)nc(NC(=O)c3ccccc3)c2cc1OC. The van der Waals surface area contributed by atoms with Crippen LogP contribution in [0.4, 0.5) is 11.8 Å². The summed E-state index contributed by atoms with van der Waals surface area (Å²) in [5.41, 5.74) is 1.13. The quantitative estimate of drug-likeness (QED) is 0.561.